The minimum absolute atomic E-state index is 0.164. The molecule has 2 heterocycles. The minimum Gasteiger partial charge on any atom is -0.328 e. The van der Waals surface area contributed by atoms with Crippen LogP contribution in [0.4, 0.5) is 11.4 Å². The lowest BCUT2D eigenvalue weighted by Crippen LogP contribution is -2.25. The van der Waals surface area contributed by atoms with Gasteiger partial charge in [-0.15, -0.1) is 0 Å². The predicted octanol–water partition coefficient (Wildman–Crippen LogP) is 1.48. The van der Waals surface area contributed by atoms with E-state index >= 15 is 0 Å². The van der Waals surface area contributed by atoms with Crippen LogP contribution in [-0.4, -0.2) is 31.6 Å². The maximum absolute atomic E-state index is 12.1. The largest absolute Gasteiger partial charge is 0.328 e. The Balaban J connectivity index is 1.81. The molecule has 0 spiro atoms. The number of carbonyl (C=O) groups excluding carboxylic acids is 1. The molecule has 1 aromatic heterocycles. The van der Waals surface area contributed by atoms with Gasteiger partial charge < -0.3 is 10.3 Å². The Bertz CT molecular complexity index is 930. The van der Waals surface area contributed by atoms with E-state index in [1.807, 2.05) is 0 Å². The summed E-state index contributed by atoms with van der Waals surface area (Å²) >= 11 is 0. The van der Waals surface area contributed by atoms with Crippen molar-refractivity contribution in [2.45, 2.75) is 13.3 Å². The summed E-state index contributed by atoms with van der Waals surface area (Å²) in [5, 5.41) is 2.73. The number of nitrogens with zero attached hydrogens (tertiary/aromatic N) is 1. The number of aryl methyl sites for hydroxylation is 1. The first-order valence-corrected chi connectivity index (χ1v) is 9.09. The summed E-state index contributed by atoms with van der Waals surface area (Å²) in [5.74, 6) is -0.191. The average molecular weight is 347 g/mol. The van der Waals surface area contributed by atoms with Gasteiger partial charge in [0.05, 0.1) is 17.0 Å². The molecule has 2 N–H and O–H groups in total. The van der Waals surface area contributed by atoms with Crippen molar-refractivity contribution in [3.8, 4) is 0 Å². The average Bonchev–Trinajstić information content (AvgIpc) is 2.87. The number of hydrogen-bond donors (Lipinski definition) is 2. The fourth-order valence-electron chi connectivity index (χ4n) is 2.68. The third-order valence-electron chi connectivity index (χ3n) is 3.87. The van der Waals surface area contributed by atoms with Crippen molar-refractivity contribution in [2.75, 3.05) is 21.9 Å². The molecule has 0 unspecified atom stereocenters. The molecule has 1 fully saturated rings. The van der Waals surface area contributed by atoms with Crippen molar-refractivity contribution in [3.63, 3.8) is 0 Å². The number of benzene rings is 1. The second kappa shape index (κ2) is 6.12. The first kappa shape index (κ1) is 16.3. The zero-order chi connectivity index (χ0) is 17.3. The molecule has 24 heavy (non-hydrogen) atoms. The van der Waals surface area contributed by atoms with Crippen molar-refractivity contribution in [1.82, 2.24) is 4.98 Å². The first-order chi connectivity index (χ1) is 11.4. The third-order valence-corrected chi connectivity index (χ3v) is 5.72. The number of carbonyl (C=O) groups is 1. The summed E-state index contributed by atoms with van der Waals surface area (Å²) < 4.78 is 25.4. The molecule has 3 rings (SSSR count). The Kier molecular flexibility index (Phi) is 4.15. The molecule has 1 aliphatic rings. The van der Waals surface area contributed by atoms with Gasteiger partial charge in [0.15, 0.2) is 0 Å². The molecular weight excluding hydrogens is 330 g/mol. The zero-order valence-corrected chi connectivity index (χ0v) is 13.9. The lowest BCUT2D eigenvalue weighted by Gasteiger charge is -2.20. The van der Waals surface area contributed by atoms with Gasteiger partial charge in [0, 0.05) is 24.5 Å². The maximum atomic E-state index is 12.1. The van der Waals surface area contributed by atoms with Crippen LogP contribution in [0.1, 0.15) is 22.3 Å². The molecule has 1 aromatic carbocycles. The van der Waals surface area contributed by atoms with Gasteiger partial charge in [0.25, 0.3) is 5.91 Å². The Morgan fingerprint density at radius 3 is 2.62 bits per heavy atom. The minimum atomic E-state index is -3.23. The van der Waals surface area contributed by atoms with Crippen LogP contribution < -0.4 is 15.2 Å². The van der Waals surface area contributed by atoms with Gasteiger partial charge in [-0.3, -0.25) is 13.9 Å². The van der Waals surface area contributed by atoms with Crippen LogP contribution in [0.5, 0.6) is 0 Å². The van der Waals surface area contributed by atoms with Crippen LogP contribution in [0.2, 0.25) is 0 Å². The van der Waals surface area contributed by atoms with Crippen molar-refractivity contribution in [3.05, 3.63) is 58.0 Å². The molecule has 0 aliphatic carbocycles. The quantitative estimate of drug-likeness (QED) is 0.878. The van der Waals surface area contributed by atoms with Gasteiger partial charge in [-0.2, -0.15) is 0 Å². The fraction of sp³-hybridized carbons (Fsp3) is 0.250. The smallest absolute Gasteiger partial charge is 0.257 e. The monoisotopic (exact) mass is 347 g/mol. The number of aromatic amines is 1. The molecule has 0 atom stereocenters. The summed E-state index contributed by atoms with van der Waals surface area (Å²) in [5.41, 5.74) is 2.01. The number of sulfonamides is 1. The number of anilines is 2. The van der Waals surface area contributed by atoms with Crippen LogP contribution >= 0.6 is 0 Å². The van der Waals surface area contributed by atoms with Crippen molar-refractivity contribution < 1.29 is 13.2 Å². The van der Waals surface area contributed by atoms with Crippen LogP contribution in [0.25, 0.3) is 0 Å². The number of aromatic nitrogens is 1. The van der Waals surface area contributed by atoms with Crippen LogP contribution in [-0.2, 0) is 10.0 Å². The number of pyridine rings is 1. The van der Waals surface area contributed by atoms with E-state index < -0.39 is 10.0 Å². The molecule has 8 heteroatoms. The van der Waals surface area contributed by atoms with E-state index in [4.69, 9.17) is 0 Å². The molecule has 2 aromatic rings. The third kappa shape index (κ3) is 3.18. The summed E-state index contributed by atoms with van der Waals surface area (Å²) in [6.45, 7) is 2.28. The summed E-state index contributed by atoms with van der Waals surface area (Å²) in [7, 11) is -3.23. The van der Waals surface area contributed by atoms with E-state index in [2.05, 4.69) is 10.3 Å². The van der Waals surface area contributed by atoms with Crippen molar-refractivity contribution in [2.24, 2.45) is 0 Å². The number of H-pyrrole nitrogens is 1. The highest BCUT2D eigenvalue weighted by Crippen LogP contribution is 2.29. The Labute approximate surface area is 139 Å². The van der Waals surface area contributed by atoms with Crippen LogP contribution in [0, 0.1) is 6.92 Å². The number of nitrogens with one attached hydrogen (secondary N) is 2. The van der Waals surface area contributed by atoms with Gasteiger partial charge in [-0.25, -0.2) is 8.42 Å². The summed E-state index contributed by atoms with van der Waals surface area (Å²) in [6.07, 6.45) is 1.96. The van der Waals surface area contributed by atoms with E-state index in [0.29, 0.717) is 29.9 Å². The SMILES string of the molecule is Cc1cc(NC(=O)c2ccc(=O)[nH]c2)ccc1N1CCCS1(=O)=O. The normalized spacial score (nSPS) is 16.1. The molecule has 0 saturated carbocycles. The van der Waals surface area contributed by atoms with Crippen molar-refractivity contribution >= 4 is 27.3 Å². The predicted molar refractivity (Wildman–Crippen MR) is 91.9 cm³/mol. The van der Waals surface area contributed by atoms with E-state index in [9.17, 15) is 18.0 Å². The van der Waals surface area contributed by atoms with Gasteiger partial charge in [-0.05, 0) is 43.2 Å². The second-order valence-electron chi connectivity index (χ2n) is 5.64. The van der Waals surface area contributed by atoms with Gasteiger partial charge in [0.2, 0.25) is 15.6 Å². The van der Waals surface area contributed by atoms with E-state index in [-0.39, 0.29) is 17.2 Å². The number of amides is 1. The lowest BCUT2D eigenvalue weighted by atomic mass is 10.1. The zero-order valence-electron chi connectivity index (χ0n) is 13.1. The number of rotatable bonds is 3. The van der Waals surface area contributed by atoms with Gasteiger partial charge >= 0.3 is 0 Å². The highest BCUT2D eigenvalue weighted by atomic mass is 32.2. The van der Waals surface area contributed by atoms with Crippen molar-refractivity contribution in [1.29, 1.82) is 0 Å². The second-order valence-corrected chi connectivity index (χ2v) is 7.65. The molecule has 7 nitrogen and oxygen atoms in total. The maximum Gasteiger partial charge on any atom is 0.257 e. The fourth-order valence-corrected chi connectivity index (χ4v) is 4.30. The van der Waals surface area contributed by atoms with Crippen LogP contribution in [0.15, 0.2) is 41.3 Å². The number of hydrogen-bond acceptors (Lipinski definition) is 4. The summed E-state index contributed by atoms with van der Waals surface area (Å²) in [4.78, 5) is 25.6. The highest BCUT2D eigenvalue weighted by Gasteiger charge is 2.29. The van der Waals surface area contributed by atoms with E-state index in [1.165, 1.54) is 22.6 Å². The van der Waals surface area contributed by atoms with E-state index in [0.717, 1.165) is 5.56 Å². The molecule has 1 saturated heterocycles. The van der Waals surface area contributed by atoms with Gasteiger partial charge in [0.1, 0.15) is 0 Å². The van der Waals surface area contributed by atoms with Crippen LogP contribution in [0.3, 0.4) is 0 Å². The lowest BCUT2D eigenvalue weighted by molar-refractivity contribution is 0.102. The van der Waals surface area contributed by atoms with Gasteiger partial charge in [-0.1, -0.05) is 0 Å². The molecule has 0 bridgehead atoms. The Morgan fingerprint density at radius 1 is 1.25 bits per heavy atom. The molecule has 0 radical (unpaired) electrons. The Morgan fingerprint density at radius 2 is 2.04 bits per heavy atom. The Hall–Kier alpha value is -2.61. The topological polar surface area (TPSA) is 99.3 Å². The molecule has 1 aliphatic heterocycles. The standard InChI is InChI=1S/C16H17N3O4S/c1-11-9-13(18-16(21)12-3-6-15(20)17-10-12)4-5-14(11)19-7-2-8-24(19,22)23/h3-6,9-10H,2,7-8H2,1H3,(H,17,20)(H,18,21). The van der Waals surface area contributed by atoms with E-state index in [1.54, 1.807) is 25.1 Å². The highest BCUT2D eigenvalue weighted by molar-refractivity contribution is 7.93. The molecule has 126 valence electrons. The molecule has 1 amide bonds. The first-order valence-electron chi connectivity index (χ1n) is 7.48. The molecular formula is C16H17N3O4S. The summed E-state index contributed by atoms with van der Waals surface area (Å²) in [6, 6.07) is 7.81.